The van der Waals surface area contributed by atoms with Crippen molar-refractivity contribution in [1.82, 2.24) is 0 Å². The molecule has 3 unspecified atom stereocenters. The first-order chi connectivity index (χ1) is 6.47. The van der Waals surface area contributed by atoms with E-state index in [2.05, 4.69) is 34.6 Å². The first-order valence-corrected chi connectivity index (χ1v) is 5.71. The number of allylic oxidation sites excluding steroid dienone is 2. The van der Waals surface area contributed by atoms with Crippen LogP contribution in [0.5, 0.6) is 0 Å². The fourth-order valence-corrected chi connectivity index (χ4v) is 2.58. The van der Waals surface area contributed by atoms with E-state index in [4.69, 9.17) is 0 Å². The van der Waals surface area contributed by atoms with Crippen LogP contribution in [0.3, 0.4) is 0 Å². The van der Waals surface area contributed by atoms with Gasteiger partial charge in [0.15, 0.2) is 5.78 Å². The predicted octanol–water partition coefficient (Wildman–Crippen LogP) is 3.59. The van der Waals surface area contributed by atoms with Crippen LogP contribution in [0.2, 0.25) is 0 Å². The lowest BCUT2D eigenvalue weighted by atomic mass is 9.60. The van der Waals surface area contributed by atoms with Gasteiger partial charge in [0.1, 0.15) is 0 Å². The third kappa shape index (κ3) is 1.53. The standard InChI is InChI=1S/C13H22O/c1-6-11-8-12(14)10(4)13(5,7-2)9(11)3/h8-10H,6-7H2,1-5H3. The molecule has 80 valence electrons. The molecule has 0 aromatic carbocycles. The summed E-state index contributed by atoms with van der Waals surface area (Å²) < 4.78 is 0. The van der Waals surface area contributed by atoms with Gasteiger partial charge in [-0.05, 0) is 30.3 Å². The Morgan fingerprint density at radius 3 is 2.29 bits per heavy atom. The smallest absolute Gasteiger partial charge is 0.159 e. The summed E-state index contributed by atoms with van der Waals surface area (Å²) >= 11 is 0. The van der Waals surface area contributed by atoms with E-state index < -0.39 is 0 Å². The molecule has 0 saturated heterocycles. The second-order valence-electron chi connectivity index (χ2n) is 4.78. The van der Waals surface area contributed by atoms with Crippen LogP contribution in [0, 0.1) is 17.3 Å². The Morgan fingerprint density at radius 2 is 1.86 bits per heavy atom. The molecule has 1 heteroatoms. The Labute approximate surface area is 87.6 Å². The zero-order valence-electron chi connectivity index (χ0n) is 10.1. The van der Waals surface area contributed by atoms with Crippen molar-refractivity contribution in [3.8, 4) is 0 Å². The molecule has 0 N–H and O–H groups in total. The lowest BCUT2D eigenvalue weighted by Crippen LogP contribution is -2.40. The molecular weight excluding hydrogens is 172 g/mol. The second-order valence-corrected chi connectivity index (χ2v) is 4.78. The molecule has 3 atom stereocenters. The fourth-order valence-electron chi connectivity index (χ4n) is 2.58. The summed E-state index contributed by atoms with van der Waals surface area (Å²) in [6.45, 7) is 10.9. The van der Waals surface area contributed by atoms with Gasteiger partial charge in [0.05, 0.1) is 0 Å². The van der Waals surface area contributed by atoms with Crippen molar-refractivity contribution >= 4 is 5.78 Å². The number of carbonyl (C=O) groups excluding carboxylic acids is 1. The Kier molecular flexibility index (Phi) is 3.18. The number of hydrogen-bond acceptors (Lipinski definition) is 1. The maximum absolute atomic E-state index is 11.8. The van der Waals surface area contributed by atoms with Gasteiger partial charge < -0.3 is 0 Å². The van der Waals surface area contributed by atoms with Crippen molar-refractivity contribution in [3.63, 3.8) is 0 Å². The van der Waals surface area contributed by atoms with Gasteiger partial charge in [-0.15, -0.1) is 0 Å². The highest BCUT2D eigenvalue weighted by atomic mass is 16.1. The summed E-state index contributed by atoms with van der Waals surface area (Å²) in [6.07, 6.45) is 3.97. The lowest BCUT2D eigenvalue weighted by Gasteiger charge is -2.43. The highest BCUT2D eigenvalue weighted by Gasteiger charge is 2.42. The molecule has 0 fully saturated rings. The first kappa shape index (κ1) is 11.5. The average Bonchev–Trinajstić information content (AvgIpc) is 2.20. The third-order valence-corrected chi connectivity index (χ3v) is 4.46. The highest BCUT2D eigenvalue weighted by Crippen LogP contribution is 2.46. The van der Waals surface area contributed by atoms with Crippen molar-refractivity contribution in [1.29, 1.82) is 0 Å². The SMILES string of the molecule is CCC1=CC(=O)C(C)C(C)(CC)C1C. The summed E-state index contributed by atoms with van der Waals surface area (Å²) in [5.74, 6) is 1.05. The van der Waals surface area contributed by atoms with E-state index in [-0.39, 0.29) is 11.3 Å². The maximum atomic E-state index is 11.8. The largest absolute Gasteiger partial charge is 0.295 e. The number of rotatable bonds is 2. The minimum Gasteiger partial charge on any atom is -0.295 e. The van der Waals surface area contributed by atoms with Crippen LogP contribution in [0.4, 0.5) is 0 Å². The number of ketones is 1. The van der Waals surface area contributed by atoms with Crippen LogP contribution in [-0.2, 0) is 4.79 Å². The molecule has 1 aliphatic carbocycles. The van der Waals surface area contributed by atoms with Gasteiger partial charge in [0.25, 0.3) is 0 Å². The summed E-state index contributed by atoms with van der Waals surface area (Å²) in [6, 6.07) is 0. The molecule has 0 saturated carbocycles. The Morgan fingerprint density at radius 1 is 1.29 bits per heavy atom. The molecule has 1 aliphatic rings. The fraction of sp³-hybridized carbons (Fsp3) is 0.769. The Balaban J connectivity index is 3.11. The van der Waals surface area contributed by atoms with Crippen molar-refractivity contribution in [2.45, 2.75) is 47.5 Å². The topological polar surface area (TPSA) is 17.1 Å². The van der Waals surface area contributed by atoms with E-state index in [0.717, 1.165) is 12.8 Å². The van der Waals surface area contributed by atoms with Gasteiger partial charge in [-0.25, -0.2) is 0 Å². The molecule has 0 aromatic heterocycles. The predicted molar refractivity (Wildman–Crippen MR) is 60.1 cm³/mol. The van der Waals surface area contributed by atoms with Gasteiger partial charge in [0, 0.05) is 5.92 Å². The summed E-state index contributed by atoms with van der Waals surface area (Å²) in [7, 11) is 0. The number of carbonyl (C=O) groups is 1. The van der Waals surface area contributed by atoms with Gasteiger partial charge in [-0.3, -0.25) is 4.79 Å². The van der Waals surface area contributed by atoms with E-state index in [1.165, 1.54) is 5.57 Å². The molecule has 0 amide bonds. The maximum Gasteiger partial charge on any atom is 0.159 e. The Hall–Kier alpha value is -0.590. The summed E-state index contributed by atoms with van der Waals surface area (Å²) in [5, 5.41) is 0. The molecule has 0 aromatic rings. The molecule has 1 rings (SSSR count). The molecular formula is C13H22O. The van der Waals surface area contributed by atoms with Crippen LogP contribution in [-0.4, -0.2) is 5.78 Å². The van der Waals surface area contributed by atoms with Crippen LogP contribution in [0.25, 0.3) is 0 Å². The van der Waals surface area contributed by atoms with Crippen molar-refractivity contribution in [3.05, 3.63) is 11.6 Å². The van der Waals surface area contributed by atoms with Crippen LogP contribution in [0.1, 0.15) is 47.5 Å². The van der Waals surface area contributed by atoms with Crippen LogP contribution < -0.4 is 0 Å². The molecule has 14 heavy (non-hydrogen) atoms. The molecule has 0 radical (unpaired) electrons. The van der Waals surface area contributed by atoms with E-state index in [0.29, 0.717) is 11.7 Å². The molecule has 0 heterocycles. The van der Waals surface area contributed by atoms with E-state index in [1.807, 2.05) is 6.08 Å². The minimum absolute atomic E-state index is 0.164. The summed E-state index contributed by atoms with van der Waals surface area (Å²) in [5.41, 5.74) is 1.49. The van der Waals surface area contributed by atoms with Gasteiger partial charge >= 0.3 is 0 Å². The lowest BCUT2D eigenvalue weighted by molar-refractivity contribution is -0.123. The zero-order chi connectivity index (χ0) is 10.9. The quantitative estimate of drug-likeness (QED) is 0.656. The average molecular weight is 194 g/mol. The summed E-state index contributed by atoms with van der Waals surface area (Å²) in [4.78, 5) is 11.8. The monoisotopic (exact) mass is 194 g/mol. The zero-order valence-corrected chi connectivity index (χ0v) is 10.1. The minimum atomic E-state index is 0.164. The van der Waals surface area contributed by atoms with E-state index >= 15 is 0 Å². The van der Waals surface area contributed by atoms with Crippen LogP contribution >= 0.6 is 0 Å². The van der Waals surface area contributed by atoms with Gasteiger partial charge in [0.2, 0.25) is 0 Å². The van der Waals surface area contributed by atoms with Gasteiger partial charge in [-0.1, -0.05) is 40.2 Å². The van der Waals surface area contributed by atoms with E-state index in [1.54, 1.807) is 0 Å². The van der Waals surface area contributed by atoms with Crippen molar-refractivity contribution in [2.24, 2.45) is 17.3 Å². The molecule has 0 aliphatic heterocycles. The molecule has 1 nitrogen and oxygen atoms in total. The third-order valence-electron chi connectivity index (χ3n) is 4.46. The van der Waals surface area contributed by atoms with Gasteiger partial charge in [-0.2, -0.15) is 0 Å². The highest BCUT2D eigenvalue weighted by molar-refractivity contribution is 5.93. The van der Waals surface area contributed by atoms with Crippen molar-refractivity contribution < 1.29 is 4.79 Å². The normalized spacial score (nSPS) is 38.4. The first-order valence-electron chi connectivity index (χ1n) is 5.71. The van der Waals surface area contributed by atoms with Crippen LogP contribution in [0.15, 0.2) is 11.6 Å². The Bertz CT molecular complexity index is 264. The second kappa shape index (κ2) is 3.88. The molecule has 0 spiro atoms. The van der Waals surface area contributed by atoms with E-state index in [9.17, 15) is 4.79 Å². The number of hydrogen-bond donors (Lipinski definition) is 0. The molecule has 0 bridgehead atoms. The van der Waals surface area contributed by atoms with Crippen molar-refractivity contribution in [2.75, 3.05) is 0 Å².